The van der Waals surface area contributed by atoms with Crippen molar-refractivity contribution in [2.45, 2.75) is 13.0 Å². The van der Waals surface area contributed by atoms with Crippen molar-refractivity contribution in [3.63, 3.8) is 0 Å². The molecule has 0 spiro atoms. The number of nitrogens with one attached hydrogen (secondary N) is 1. The first kappa shape index (κ1) is 9.21. The van der Waals surface area contributed by atoms with Gasteiger partial charge in [0.1, 0.15) is 12.4 Å². The Morgan fingerprint density at radius 1 is 1.36 bits per heavy atom. The first-order valence-electron chi connectivity index (χ1n) is 4.54. The molecule has 5 heteroatoms. The lowest BCUT2D eigenvalue weighted by molar-refractivity contribution is 0.134. The molecule has 5 nitrogen and oxygen atoms in total. The van der Waals surface area contributed by atoms with E-state index in [4.69, 9.17) is 9.47 Å². The van der Waals surface area contributed by atoms with E-state index in [1.54, 1.807) is 7.11 Å². The summed E-state index contributed by atoms with van der Waals surface area (Å²) >= 11 is 0. The number of methoxy groups -OCH3 is 1. The molecular formula is C9H13N3O2. The number of rotatable bonds is 3. The third kappa shape index (κ3) is 1.63. The summed E-state index contributed by atoms with van der Waals surface area (Å²) < 4.78 is 10.7. The third-order valence-corrected chi connectivity index (χ3v) is 2.21. The predicted molar refractivity (Wildman–Crippen MR) is 50.6 cm³/mol. The second-order valence-corrected chi connectivity index (χ2v) is 3.21. The third-order valence-electron chi connectivity index (χ3n) is 2.21. The normalized spacial score (nSPS) is 16.1. The Morgan fingerprint density at radius 2 is 2.07 bits per heavy atom. The molecule has 0 amide bonds. The summed E-state index contributed by atoms with van der Waals surface area (Å²) in [4.78, 5) is 8.05. The van der Waals surface area contributed by atoms with Crippen LogP contribution in [0.25, 0.3) is 0 Å². The van der Waals surface area contributed by atoms with Gasteiger partial charge in [0.15, 0.2) is 0 Å². The number of hydrogen-bond acceptors (Lipinski definition) is 5. The van der Waals surface area contributed by atoms with Gasteiger partial charge in [0.25, 0.3) is 0 Å². The maximum Gasteiger partial charge on any atom is 0.223 e. The molecule has 1 saturated heterocycles. The summed E-state index contributed by atoms with van der Waals surface area (Å²) in [6, 6.07) is 0. The van der Waals surface area contributed by atoms with Crippen molar-refractivity contribution in [2.24, 2.45) is 0 Å². The lowest BCUT2D eigenvalue weighted by Gasteiger charge is -2.27. The van der Waals surface area contributed by atoms with Crippen molar-refractivity contribution in [3.8, 4) is 11.8 Å². The van der Waals surface area contributed by atoms with Gasteiger partial charge in [-0.2, -0.15) is 0 Å². The van der Waals surface area contributed by atoms with Gasteiger partial charge in [-0.25, -0.2) is 9.97 Å². The summed E-state index contributed by atoms with van der Waals surface area (Å²) in [5.74, 6) is 1.19. The molecule has 0 unspecified atom stereocenters. The van der Waals surface area contributed by atoms with E-state index in [0.717, 1.165) is 18.7 Å². The number of nitrogens with zero attached hydrogens (tertiary/aromatic N) is 2. The highest BCUT2D eigenvalue weighted by molar-refractivity contribution is 5.32. The average Bonchev–Trinajstić information content (AvgIpc) is 2.13. The van der Waals surface area contributed by atoms with Crippen LogP contribution in [0.4, 0.5) is 0 Å². The quantitative estimate of drug-likeness (QED) is 0.743. The highest BCUT2D eigenvalue weighted by Crippen LogP contribution is 2.23. The van der Waals surface area contributed by atoms with Gasteiger partial charge in [-0.1, -0.05) is 0 Å². The van der Waals surface area contributed by atoms with E-state index in [2.05, 4.69) is 15.3 Å². The second kappa shape index (κ2) is 3.79. The molecule has 1 aromatic rings. The van der Waals surface area contributed by atoms with Crippen LogP contribution in [-0.4, -0.2) is 36.3 Å². The van der Waals surface area contributed by atoms with Crippen molar-refractivity contribution in [3.05, 3.63) is 11.9 Å². The van der Waals surface area contributed by atoms with Crippen LogP contribution in [0.2, 0.25) is 0 Å². The standard InChI is InChI=1S/C9H13N3O2/c1-6-8(13-2)11-5-12-9(6)14-7-3-10-4-7/h5,7,10H,3-4H2,1-2H3. The zero-order chi connectivity index (χ0) is 9.97. The van der Waals surface area contributed by atoms with Gasteiger partial charge in [0.05, 0.1) is 12.7 Å². The molecule has 1 fully saturated rings. The molecule has 1 N–H and O–H groups in total. The van der Waals surface area contributed by atoms with Crippen molar-refractivity contribution in [1.82, 2.24) is 15.3 Å². The topological polar surface area (TPSA) is 56.3 Å². The van der Waals surface area contributed by atoms with Crippen molar-refractivity contribution < 1.29 is 9.47 Å². The van der Waals surface area contributed by atoms with Crippen LogP contribution in [0.5, 0.6) is 11.8 Å². The monoisotopic (exact) mass is 195 g/mol. The van der Waals surface area contributed by atoms with E-state index in [0.29, 0.717) is 11.8 Å². The summed E-state index contributed by atoms with van der Waals surface area (Å²) in [7, 11) is 1.59. The van der Waals surface area contributed by atoms with E-state index in [1.165, 1.54) is 6.33 Å². The van der Waals surface area contributed by atoms with E-state index in [1.807, 2.05) is 6.92 Å². The Hall–Kier alpha value is -1.36. The largest absolute Gasteiger partial charge is 0.481 e. The maximum atomic E-state index is 5.63. The van der Waals surface area contributed by atoms with Crippen LogP contribution >= 0.6 is 0 Å². The summed E-state index contributed by atoms with van der Waals surface area (Å²) in [6.45, 7) is 3.65. The number of hydrogen-bond donors (Lipinski definition) is 1. The van der Waals surface area contributed by atoms with Gasteiger partial charge < -0.3 is 14.8 Å². The lowest BCUT2D eigenvalue weighted by Crippen LogP contribution is -2.50. The fraction of sp³-hybridized carbons (Fsp3) is 0.556. The highest BCUT2D eigenvalue weighted by Gasteiger charge is 2.20. The molecule has 0 aromatic carbocycles. The second-order valence-electron chi connectivity index (χ2n) is 3.21. The first-order valence-corrected chi connectivity index (χ1v) is 4.54. The lowest BCUT2D eigenvalue weighted by atomic mass is 10.2. The van der Waals surface area contributed by atoms with E-state index >= 15 is 0 Å². The molecule has 14 heavy (non-hydrogen) atoms. The van der Waals surface area contributed by atoms with Crippen LogP contribution in [0.1, 0.15) is 5.56 Å². The van der Waals surface area contributed by atoms with Crippen LogP contribution in [0.3, 0.4) is 0 Å². The molecule has 0 bridgehead atoms. The number of aromatic nitrogens is 2. The molecule has 0 saturated carbocycles. The van der Waals surface area contributed by atoms with Crippen LogP contribution in [0, 0.1) is 6.92 Å². The van der Waals surface area contributed by atoms with Crippen molar-refractivity contribution in [1.29, 1.82) is 0 Å². The Bertz CT molecular complexity index is 326. The van der Waals surface area contributed by atoms with Crippen LogP contribution in [-0.2, 0) is 0 Å². The zero-order valence-corrected chi connectivity index (χ0v) is 8.28. The molecule has 0 atom stereocenters. The van der Waals surface area contributed by atoms with Crippen LogP contribution < -0.4 is 14.8 Å². The zero-order valence-electron chi connectivity index (χ0n) is 8.28. The molecular weight excluding hydrogens is 182 g/mol. The molecule has 2 heterocycles. The molecule has 0 aliphatic carbocycles. The molecule has 1 aromatic heterocycles. The van der Waals surface area contributed by atoms with Crippen LogP contribution in [0.15, 0.2) is 6.33 Å². The molecule has 76 valence electrons. The van der Waals surface area contributed by atoms with Gasteiger partial charge in [-0.3, -0.25) is 0 Å². The van der Waals surface area contributed by atoms with Gasteiger partial charge in [-0.15, -0.1) is 0 Å². The molecule has 2 rings (SSSR count). The first-order chi connectivity index (χ1) is 6.81. The molecule has 1 aliphatic rings. The fourth-order valence-corrected chi connectivity index (χ4v) is 1.25. The van der Waals surface area contributed by atoms with E-state index < -0.39 is 0 Å². The molecule has 1 aliphatic heterocycles. The van der Waals surface area contributed by atoms with Gasteiger partial charge in [0.2, 0.25) is 11.8 Å². The predicted octanol–water partition coefficient (Wildman–Crippen LogP) is 0.144. The number of ether oxygens (including phenoxy) is 2. The van der Waals surface area contributed by atoms with E-state index in [-0.39, 0.29) is 6.10 Å². The summed E-state index contributed by atoms with van der Waals surface area (Å²) in [5, 5.41) is 3.13. The minimum atomic E-state index is 0.230. The average molecular weight is 195 g/mol. The summed E-state index contributed by atoms with van der Waals surface area (Å²) in [6.07, 6.45) is 1.68. The maximum absolute atomic E-state index is 5.63. The van der Waals surface area contributed by atoms with Crippen molar-refractivity contribution >= 4 is 0 Å². The van der Waals surface area contributed by atoms with Crippen molar-refractivity contribution in [2.75, 3.05) is 20.2 Å². The fourth-order valence-electron chi connectivity index (χ4n) is 1.25. The minimum absolute atomic E-state index is 0.230. The molecule has 0 radical (unpaired) electrons. The Labute approximate surface area is 82.5 Å². The Balaban J connectivity index is 2.15. The Kier molecular flexibility index (Phi) is 2.49. The minimum Gasteiger partial charge on any atom is -0.481 e. The van der Waals surface area contributed by atoms with Gasteiger partial charge in [0, 0.05) is 13.1 Å². The van der Waals surface area contributed by atoms with Gasteiger partial charge in [-0.05, 0) is 6.92 Å². The smallest absolute Gasteiger partial charge is 0.223 e. The Morgan fingerprint density at radius 3 is 2.64 bits per heavy atom. The summed E-state index contributed by atoms with van der Waals surface area (Å²) in [5.41, 5.74) is 0.849. The van der Waals surface area contributed by atoms with E-state index in [9.17, 15) is 0 Å². The van der Waals surface area contributed by atoms with Gasteiger partial charge >= 0.3 is 0 Å². The highest BCUT2D eigenvalue weighted by atomic mass is 16.5. The SMILES string of the molecule is COc1ncnc(OC2CNC2)c1C.